The molecule has 1 aliphatic heterocycles. The van der Waals surface area contributed by atoms with Gasteiger partial charge in [0.2, 0.25) is 0 Å². The number of carbonyl (C=O) groups excluding carboxylic acids is 3. The predicted octanol–water partition coefficient (Wildman–Crippen LogP) is 2.49. The van der Waals surface area contributed by atoms with Crippen molar-refractivity contribution in [1.82, 2.24) is 19.5 Å². The Kier molecular flexibility index (Phi) is 7.03. The Morgan fingerprint density at radius 1 is 1.09 bits per heavy atom. The summed E-state index contributed by atoms with van der Waals surface area (Å²) in [5.74, 6) is -1.69. The number of imidazole rings is 1. The fraction of sp³-hybridized carbons (Fsp3) is 0.364. The van der Waals surface area contributed by atoms with Crippen LogP contribution in [0.2, 0.25) is 5.15 Å². The fourth-order valence-corrected chi connectivity index (χ4v) is 3.91. The van der Waals surface area contributed by atoms with Gasteiger partial charge in [-0.25, -0.2) is 19.7 Å². The third kappa shape index (κ3) is 5.15. The molecule has 2 unspecified atom stereocenters. The Morgan fingerprint density at radius 3 is 2.53 bits per heavy atom. The largest absolute Gasteiger partial charge is 0.459 e. The summed E-state index contributed by atoms with van der Waals surface area (Å²) in [6.45, 7) is 2.36. The average Bonchev–Trinajstić information content (AvgIpc) is 3.24. The van der Waals surface area contributed by atoms with Crippen LogP contribution >= 0.6 is 11.6 Å². The zero-order valence-corrected chi connectivity index (χ0v) is 19.0. The molecule has 0 saturated carbocycles. The lowest BCUT2D eigenvalue weighted by Crippen LogP contribution is -2.50. The monoisotopic (exact) mass is 488 g/mol. The summed E-state index contributed by atoms with van der Waals surface area (Å²) in [6.07, 6.45) is -0.797. The molecule has 34 heavy (non-hydrogen) atoms. The maximum atomic E-state index is 12.4. The van der Waals surface area contributed by atoms with Gasteiger partial charge in [0, 0.05) is 20.3 Å². The van der Waals surface area contributed by atoms with E-state index in [1.54, 1.807) is 30.3 Å². The first-order valence-electron chi connectivity index (χ1n) is 10.4. The maximum Gasteiger partial charge on any atom is 0.338 e. The molecule has 1 aliphatic rings. The highest BCUT2D eigenvalue weighted by Crippen LogP contribution is 2.34. The van der Waals surface area contributed by atoms with Crippen LogP contribution in [0.5, 0.6) is 0 Å². The molecule has 0 bridgehead atoms. The molecule has 0 amide bonds. The smallest absolute Gasteiger partial charge is 0.338 e. The van der Waals surface area contributed by atoms with Crippen molar-refractivity contribution in [3.63, 3.8) is 0 Å². The number of carbonyl (C=O) groups is 3. The Balaban J connectivity index is 1.63. The molecule has 3 heterocycles. The number of hydrogen-bond acceptors (Lipinski definition) is 10. The van der Waals surface area contributed by atoms with Crippen LogP contribution < -0.4 is 0 Å². The van der Waals surface area contributed by atoms with E-state index in [9.17, 15) is 14.4 Å². The number of benzene rings is 1. The van der Waals surface area contributed by atoms with Crippen molar-refractivity contribution in [3.05, 3.63) is 53.7 Å². The first kappa shape index (κ1) is 23.6. The van der Waals surface area contributed by atoms with Crippen LogP contribution in [0.4, 0.5) is 0 Å². The van der Waals surface area contributed by atoms with Crippen LogP contribution in [0.3, 0.4) is 0 Å². The standard InChI is InChI=1S/C22H21ClN4O7/c1-12(28)32-16-8-15(9-31-22(30)14-6-4-3-5-7-14)34-21(18(16)33-13(2)29)27-11-26-17-19(23)24-10-25-20(17)27/h3-7,10-11,15-16,18,21H,8-9H2,1-2H3/t15-,16?,18?,21+/m0/s1. The van der Waals surface area contributed by atoms with Crippen molar-refractivity contribution in [1.29, 1.82) is 0 Å². The zero-order valence-electron chi connectivity index (χ0n) is 18.3. The van der Waals surface area contributed by atoms with E-state index >= 15 is 0 Å². The van der Waals surface area contributed by atoms with Crippen LogP contribution in [0, 0.1) is 0 Å². The molecule has 1 fully saturated rings. The zero-order chi connectivity index (χ0) is 24.2. The van der Waals surface area contributed by atoms with Gasteiger partial charge in [-0.1, -0.05) is 29.8 Å². The van der Waals surface area contributed by atoms with Crippen LogP contribution in [0.15, 0.2) is 43.0 Å². The van der Waals surface area contributed by atoms with Gasteiger partial charge in [0.15, 0.2) is 23.1 Å². The molecule has 0 spiro atoms. The Bertz CT molecular complexity index is 1200. The SMILES string of the molecule is CC(=O)OC1C[C@@H](COC(=O)c2ccccc2)O[C@@H](n2cnc3c(Cl)ncnc32)C1OC(C)=O. The van der Waals surface area contributed by atoms with Gasteiger partial charge in [0.05, 0.1) is 18.0 Å². The molecule has 1 saturated heterocycles. The number of halogens is 1. The molecule has 4 rings (SSSR count). The summed E-state index contributed by atoms with van der Waals surface area (Å²) in [4.78, 5) is 48.4. The summed E-state index contributed by atoms with van der Waals surface area (Å²) in [7, 11) is 0. The van der Waals surface area contributed by atoms with Crippen molar-refractivity contribution in [2.75, 3.05) is 6.61 Å². The number of rotatable bonds is 6. The van der Waals surface area contributed by atoms with Gasteiger partial charge < -0.3 is 18.9 Å². The third-order valence-corrected chi connectivity index (χ3v) is 5.37. The van der Waals surface area contributed by atoms with Gasteiger partial charge in [-0.3, -0.25) is 14.2 Å². The molecule has 4 atom stereocenters. The average molecular weight is 489 g/mol. The number of hydrogen-bond donors (Lipinski definition) is 0. The maximum absolute atomic E-state index is 12.4. The van der Waals surface area contributed by atoms with Crippen molar-refractivity contribution in [3.8, 4) is 0 Å². The topological polar surface area (TPSA) is 132 Å². The van der Waals surface area contributed by atoms with Crippen LogP contribution in [0.25, 0.3) is 11.2 Å². The summed E-state index contributed by atoms with van der Waals surface area (Å²) in [5.41, 5.74) is 1.03. The minimum Gasteiger partial charge on any atom is -0.459 e. The number of fused-ring (bicyclic) bond motifs is 1. The van der Waals surface area contributed by atoms with Crippen molar-refractivity contribution in [2.24, 2.45) is 0 Å². The number of esters is 3. The fourth-order valence-electron chi connectivity index (χ4n) is 3.73. The summed E-state index contributed by atoms with van der Waals surface area (Å²) < 4.78 is 24.1. The van der Waals surface area contributed by atoms with Gasteiger partial charge in [0.1, 0.15) is 24.6 Å². The molecule has 0 radical (unpaired) electrons. The van der Waals surface area contributed by atoms with E-state index in [-0.39, 0.29) is 18.2 Å². The minimum absolute atomic E-state index is 0.123. The van der Waals surface area contributed by atoms with Crippen LogP contribution in [-0.4, -0.2) is 62.3 Å². The van der Waals surface area contributed by atoms with E-state index in [0.717, 1.165) is 0 Å². The summed E-state index contributed by atoms with van der Waals surface area (Å²) >= 11 is 6.12. The second-order valence-electron chi connectivity index (χ2n) is 7.56. The molecule has 3 aromatic rings. The number of nitrogens with zero attached hydrogens (tertiary/aromatic N) is 4. The van der Waals surface area contributed by atoms with Gasteiger partial charge in [-0.05, 0) is 12.1 Å². The minimum atomic E-state index is -1.02. The molecule has 2 aromatic heterocycles. The highest BCUT2D eigenvalue weighted by Gasteiger charge is 2.45. The molecule has 178 valence electrons. The first-order valence-corrected chi connectivity index (χ1v) is 10.8. The molecule has 0 aliphatic carbocycles. The predicted molar refractivity (Wildman–Crippen MR) is 117 cm³/mol. The van der Waals surface area contributed by atoms with Gasteiger partial charge in [-0.2, -0.15) is 0 Å². The van der Waals surface area contributed by atoms with E-state index in [4.69, 9.17) is 30.5 Å². The van der Waals surface area contributed by atoms with E-state index in [1.807, 2.05) is 0 Å². The third-order valence-electron chi connectivity index (χ3n) is 5.09. The first-order chi connectivity index (χ1) is 16.3. The summed E-state index contributed by atoms with van der Waals surface area (Å²) in [6, 6.07) is 8.50. The van der Waals surface area contributed by atoms with E-state index in [0.29, 0.717) is 16.7 Å². The molecule has 12 heteroatoms. The van der Waals surface area contributed by atoms with E-state index in [2.05, 4.69) is 15.0 Å². The van der Waals surface area contributed by atoms with Crippen molar-refractivity contribution < 1.29 is 33.3 Å². The molecule has 11 nitrogen and oxygen atoms in total. The Hall–Kier alpha value is -3.57. The van der Waals surface area contributed by atoms with Gasteiger partial charge >= 0.3 is 17.9 Å². The van der Waals surface area contributed by atoms with E-state index < -0.39 is 42.4 Å². The lowest BCUT2D eigenvalue weighted by molar-refractivity contribution is -0.227. The van der Waals surface area contributed by atoms with Gasteiger partial charge in [0.25, 0.3) is 0 Å². The highest BCUT2D eigenvalue weighted by atomic mass is 35.5. The summed E-state index contributed by atoms with van der Waals surface area (Å²) in [5, 5.41) is 0.133. The lowest BCUT2D eigenvalue weighted by atomic mass is 10.0. The Labute approximate surface area is 198 Å². The number of aromatic nitrogens is 4. The highest BCUT2D eigenvalue weighted by molar-refractivity contribution is 6.33. The lowest BCUT2D eigenvalue weighted by Gasteiger charge is -2.40. The molecular weight excluding hydrogens is 468 g/mol. The van der Waals surface area contributed by atoms with Crippen LogP contribution in [-0.2, 0) is 28.5 Å². The normalized spacial score (nSPS) is 22.2. The van der Waals surface area contributed by atoms with E-state index in [1.165, 1.54) is 31.1 Å². The number of ether oxygens (including phenoxy) is 4. The quantitative estimate of drug-likeness (QED) is 0.289. The molecule has 1 aromatic carbocycles. The molecular formula is C22H21ClN4O7. The second kappa shape index (κ2) is 10.1. The van der Waals surface area contributed by atoms with Crippen LogP contribution in [0.1, 0.15) is 36.9 Å². The van der Waals surface area contributed by atoms with Crippen molar-refractivity contribution >= 4 is 40.7 Å². The second-order valence-corrected chi connectivity index (χ2v) is 7.92. The van der Waals surface area contributed by atoms with Gasteiger partial charge in [-0.15, -0.1) is 0 Å². The molecule has 0 N–H and O–H groups in total. The Morgan fingerprint density at radius 2 is 1.82 bits per heavy atom. The van der Waals surface area contributed by atoms with Crippen molar-refractivity contribution in [2.45, 2.75) is 44.8 Å².